The summed E-state index contributed by atoms with van der Waals surface area (Å²) in [4.78, 5) is 12.5. The molecule has 0 saturated heterocycles. The first-order chi connectivity index (χ1) is 8.66. The van der Waals surface area contributed by atoms with Gasteiger partial charge < -0.3 is 4.74 Å². The highest BCUT2D eigenvalue weighted by Crippen LogP contribution is 2.25. The largest absolute Gasteiger partial charge is 0.373 e. The fourth-order valence-corrected chi connectivity index (χ4v) is 3.04. The summed E-state index contributed by atoms with van der Waals surface area (Å²) in [6, 6.07) is 3.50. The summed E-state index contributed by atoms with van der Waals surface area (Å²) in [6.07, 6.45) is 6.59. The van der Waals surface area contributed by atoms with Gasteiger partial charge in [-0.2, -0.15) is 0 Å². The van der Waals surface area contributed by atoms with Gasteiger partial charge in [0.2, 0.25) is 0 Å². The number of ether oxygens (including phenoxy) is 1. The summed E-state index contributed by atoms with van der Waals surface area (Å²) in [5.41, 5.74) is 0. The van der Waals surface area contributed by atoms with Crippen molar-refractivity contribution in [3.63, 3.8) is 0 Å². The molecule has 0 N–H and O–H groups in total. The molecule has 0 aliphatic heterocycles. The van der Waals surface area contributed by atoms with E-state index in [1.54, 1.807) is 12.1 Å². The molecular formula is C14H17ClO2S. The van der Waals surface area contributed by atoms with Crippen molar-refractivity contribution in [2.24, 2.45) is 11.8 Å². The molecule has 2 atom stereocenters. The maximum Gasteiger partial charge on any atom is 0.198 e. The summed E-state index contributed by atoms with van der Waals surface area (Å²) < 4.78 is 6.19. The van der Waals surface area contributed by atoms with E-state index in [1.807, 2.05) is 0 Å². The Bertz CT molecular complexity index is 439. The summed E-state index contributed by atoms with van der Waals surface area (Å²) in [5, 5.41) is 0. The second-order valence-corrected chi connectivity index (χ2v) is 6.44. The van der Waals surface area contributed by atoms with Gasteiger partial charge in [0.05, 0.1) is 15.8 Å². The molecule has 0 saturated carbocycles. The van der Waals surface area contributed by atoms with Gasteiger partial charge in [-0.15, -0.1) is 11.3 Å². The van der Waals surface area contributed by atoms with E-state index in [1.165, 1.54) is 11.3 Å². The molecular weight excluding hydrogens is 268 g/mol. The Hall–Kier alpha value is -0.640. The van der Waals surface area contributed by atoms with Crippen LogP contribution in [0.3, 0.4) is 0 Å². The molecule has 0 radical (unpaired) electrons. The zero-order valence-corrected chi connectivity index (χ0v) is 12.0. The third-order valence-electron chi connectivity index (χ3n) is 3.33. The van der Waals surface area contributed by atoms with E-state index in [2.05, 4.69) is 19.1 Å². The molecule has 1 aromatic rings. The van der Waals surface area contributed by atoms with Crippen molar-refractivity contribution in [2.75, 3.05) is 13.2 Å². The average Bonchev–Trinajstić information content (AvgIpc) is 2.78. The van der Waals surface area contributed by atoms with E-state index in [0.717, 1.165) is 12.8 Å². The second kappa shape index (κ2) is 6.50. The number of allylic oxidation sites excluding steroid dienone is 2. The fraction of sp³-hybridized carbons (Fsp3) is 0.500. The molecule has 0 fully saturated rings. The van der Waals surface area contributed by atoms with Crippen LogP contribution in [-0.4, -0.2) is 19.0 Å². The smallest absolute Gasteiger partial charge is 0.198 e. The Morgan fingerprint density at radius 3 is 2.89 bits per heavy atom. The van der Waals surface area contributed by atoms with Crippen LogP contribution < -0.4 is 0 Å². The van der Waals surface area contributed by atoms with Crippen LogP contribution in [0.4, 0.5) is 0 Å². The Labute approximate surface area is 117 Å². The highest BCUT2D eigenvalue weighted by atomic mass is 35.5. The van der Waals surface area contributed by atoms with Crippen molar-refractivity contribution >= 4 is 28.7 Å². The van der Waals surface area contributed by atoms with Crippen molar-refractivity contribution in [3.05, 3.63) is 33.5 Å². The zero-order valence-electron chi connectivity index (χ0n) is 10.4. The lowest BCUT2D eigenvalue weighted by Gasteiger charge is -2.24. The van der Waals surface area contributed by atoms with Crippen LogP contribution in [0.1, 0.15) is 29.4 Å². The van der Waals surface area contributed by atoms with E-state index in [-0.39, 0.29) is 12.4 Å². The number of ketones is 1. The Balaban J connectivity index is 1.75. The lowest BCUT2D eigenvalue weighted by molar-refractivity contribution is 0.0606. The van der Waals surface area contributed by atoms with Gasteiger partial charge in [0.25, 0.3) is 0 Å². The standard InChI is InChI=1S/C14H17ClO2S/c1-10-4-2-3-5-11(10)8-17-9-12(16)13-6-7-14(15)18-13/h2-3,6-7,10-11H,4-5,8-9H2,1H3. The quantitative estimate of drug-likeness (QED) is 0.598. The molecule has 1 aliphatic rings. The van der Waals surface area contributed by atoms with Crippen molar-refractivity contribution < 1.29 is 9.53 Å². The van der Waals surface area contributed by atoms with Gasteiger partial charge in [0, 0.05) is 0 Å². The predicted molar refractivity (Wildman–Crippen MR) is 75.5 cm³/mol. The van der Waals surface area contributed by atoms with Gasteiger partial charge in [0.15, 0.2) is 5.78 Å². The van der Waals surface area contributed by atoms with Gasteiger partial charge in [-0.25, -0.2) is 0 Å². The number of halogens is 1. The summed E-state index contributed by atoms with van der Waals surface area (Å²) in [7, 11) is 0. The number of carbonyl (C=O) groups is 1. The summed E-state index contributed by atoms with van der Waals surface area (Å²) in [5.74, 6) is 1.20. The highest BCUT2D eigenvalue weighted by Gasteiger charge is 2.19. The number of hydrogen-bond donors (Lipinski definition) is 0. The molecule has 1 aromatic heterocycles. The van der Waals surface area contributed by atoms with Crippen molar-refractivity contribution in [3.8, 4) is 0 Å². The molecule has 18 heavy (non-hydrogen) atoms. The third-order valence-corrected chi connectivity index (χ3v) is 4.60. The number of Topliss-reactive ketones (excluding diaryl/α,β-unsaturated/α-hetero) is 1. The Morgan fingerprint density at radius 1 is 1.44 bits per heavy atom. The van der Waals surface area contributed by atoms with Crippen LogP contribution in [0, 0.1) is 11.8 Å². The van der Waals surface area contributed by atoms with Crippen LogP contribution in [0.5, 0.6) is 0 Å². The lowest BCUT2D eigenvalue weighted by Crippen LogP contribution is -2.21. The van der Waals surface area contributed by atoms with Crippen molar-refractivity contribution in [1.29, 1.82) is 0 Å². The molecule has 0 amide bonds. The molecule has 2 unspecified atom stereocenters. The average molecular weight is 285 g/mol. The first-order valence-corrected chi connectivity index (χ1v) is 7.37. The second-order valence-electron chi connectivity index (χ2n) is 4.72. The zero-order chi connectivity index (χ0) is 13.0. The van der Waals surface area contributed by atoms with Crippen LogP contribution in [0.2, 0.25) is 4.34 Å². The number of hydrogen-bond acceptors (Lipinski definition) is 3. The van der Waals surface area contributed by atoms with E-state index >= 15 is 0 Å². The molecule has 4 heteroatoms. The maximum absolute atomic E-state index is 11.8. The molecule has 98 valence electrons. The van der Waals surface area contributed by atoms with Gasteiger partial charge in [-0.05, 0) is 36.8 Å². The molecule has 1 aliphatic carbocycles. The van der Waals surface area contributed by atoms with E-state index in [9.17, 15) is 4.79 Å². The number of rotatable bonds is 5. The molecule has 0 bridgehead atoms. The molecule has 2 nitrogen and oxygen atoms in total. The topological polar surface area (TPSA) is 26.3 Å². The minimum absolute atomic E-state index is 0.0194. The summed E-state index contributed by atoms with van der Waals surface area (Å²) in [6.45, 7) is 3.05. The molecule has 1 heterocycles. The Morgan fingerprint density at radius 2 is 2.22 bits per heavy atom. The summed E-state index contributed by atoms with van der Waals surface area (Å²) >= 11 is 7.10. The van der Waals surface area contributed by atoms with E-state index in [4.69, 9.17) is 16.3 Å². The highest BCUT2D eigenvalue weighted by molar-refractivity contribution is 7.18. The first-order valence-electron chi connectivity index (χ1n) is 6.18. The van der Waals surface area contributed by atoms with Crippen molar-refractivity contribution in [2.45, 2.75) is 19.8 Å². The van der Waals surface area contributed by atoms with Gasteiger partial charge in [-0.1, -0.05) is 30.7 Å². The van der Waals surface area contributed by atoms with Crippen LogP contribution in [0.15, 0.2) is 24.3 Å². The van der Waals surface area contributed by atoms with E-state index in [0.29, 0.717) is 27.7 Å². The van der Waals surface area contributed by atoms with Gasteiger partial charge in [-0.3, -0.25) is 4.79 Å². The van der Waals surface area contributed by atoms with Gasteiger partial charge in [0.1, 0.15) is 6.61 Å². The van der Waals surface area contributed by atoms with Crippen molar-refractivity contribution in [1.82, 2.24) is 0 Å². The maximum atomic E-state index is 11.8. The van der Waals surface area contributed by atoms with E-state index < -0.39 is 0 Å². The SMILES string of the molecule is CC1CC=CCC1COCC(=O)c1ccc(Cl)s1. The molecule has 0 spiro atoms. The minimum Gasteiger partial charge on any atom is -0.373 e. The Kier molecular flexibility index (Phi) is 4.98. The number of thiophene rings is 1. The lowest BCUT2D eigenvalue weighted by atomic mass is 9.85. The first kappa shape index (κ1) is 13.8. The predicted octanol–water partition coefficient (Wildman–Crippen LogP) is 4.20. The normalized spacial score (nSPS) is 23.2. The van der Waals surface area contributed by atoms with Crippen LogP contribution >= 0.6 is 22.9 Å². The number of carbonyl (C=O) groups excluding carboxylic acids is 1. The minimum atomic E-state index is 0.0194. The van der Waals surface area contributed by atoms with Gasteiger partial charge >= 0.3 is 0 Å². The van der Waals surface area contributed by atoms with Crippen LogP contribution in [-0.2, 0) is 4.74 Å². The fourth-order valence-electron chi connectivity index (χ4n) is 2.08. The molecule has 0 aromatic carbocycles. The monoisotopic (exact) mass is 284 g/mol. The molecule has 2 rings (SSSR count). The third kappa shape index (κ3) is 3.67. The van der Waals surface area contributed by atoms with Crippen LogP contribution in [0.25, 0.3) is 0 Å².